The van der Waals surface area contributed by atoms with Gasteiger partial charge in [0.1, 0.15) is 0 Å². The second kappa shape index (κ2) is 3.95. The minimum atomic E-state index is -1.08. The van der Waals surface area contributed by atoms with Crippen LogP contribution >= 0.6 is 0 Å². The van der Waals surface area contributed by atoms with Crippen molar-refractivity contribution < 1.29 is 13.7 Å². The average Bonchev–Trinajstić information content (AvgIpc) is 2.12. The predicted octanol–water partition coefficient (Wildman–Crippen LogP) is 2.60. The summed E-state index contributed by atoms with van der Waals surface area (Å²) in [5.41, 5.74) is -0.367. The summed E-state index contributed by atoms with van der Waals surface area (Å²) in [6.07, 6.45) is 0.985. The van der Waals surface area contributed by atoms with Gasteiger partial charge in [0.05, 0.1) is 4.92 Å². The second-order valence-corrected chi connectivity index (χ2v) is 2.69. The molecule has 0 fully saturated rings. The molecule has 0 heterocycles. The molecule has 0 spiro atoms. The van der Waals surface area contributed by atoms with E-state index < -0.39 is 16.6 Å². The summed E-state index contributed by atoms with van der Waals surface area (Å²) < 4.78 is 25.6. The van der Waals surface area contributed by atoms with E-state index in [1.807, 2.05) is 0 Å². The molecule has 0 amide bonds. The lowest BCUT2D eigenvalue weighted by Crippen LogP contribution is -1.95. The molecule has 3 nitrogen and oxygen atoms in total. The highest BCUT2D eigenvalue weighted by atomic mass is 19.2. The maximum Gasteiger partial charge on any atom is 0.243 e. The van der Waals surface area contributed by atoms with Crippen LogP contribution in [0.3, 0.4) is 0 Å². The Morgan fingerprint density at radius 2 is 2.14 bits per heavy atom. The van der Waals surface area contributed by atoms with E-state index in [1.165, 1.54) is 19.1 Å². The minimum absolute atomic E-state index is 0.126. The molecule has 0 aromatic heterocycles. The quantitative estimate of drug-likeness (QED) is 0.542. The smallest absolute Gasteiger partial charge is 0.243 e. The number of benzene rings is 1. The van der Waals surface area contributed by atoms with Crippen LogP contribution in [-0.2, 0) is 0 Å². The Kier molecular flexibility index (Phi) is 2.91. The largest absolute Gasteiger partial charge is 0.259 e. The van der Waals surface area contributed by atoms with Gasteiger partial charge in [0, 0.05) is 18.6 Å². The lowest BCUT2D eigenvalue weighted by molar-refractivity contribution is -0.422. The van der Waals surface area contributed by atoms with E-state index in [-0.39, 0.29) is 11.3 Å². The van der Waals surface area contributed by atoms with Crippen LogP contribution in [-0.4, -0.2) is 4.92 Å². The molecule has 0 bridgehead atoms. The average molecular weight is 199 g/mol. The summed E-state index contributed by atoms with van der Waals surface area (Å²) in [6.45, 7) is 1.21. The maximum atomic E-state index is 13.0. The van der Waals surface area contributed by atoms with E-state index in [9.17, 15) is 18.9 Å². The third-order valence-electron chi connectivity index (χ3n) is 1.63. The standard InChI is InChI=1S/C9H7F2NO2/c1-6(12(13)14)5-7-3-2-4-8(10)9(7)11/h2-5H,1H3/b6-5+. The zero-order valence-electron chi connectivity index (χ0n) is 7.33. The Balaban J connectivity index is 3.15. The molecule has 0 saturated carbocycles. The fourth-order valence-electron chi connectivity index (χ4n) is 0.910. The summed E-state index contributed by atoms with van der Waals surface area (Å²) in [6, 6.07) is 3.51. The topological polar surface area (TPSA) is 43.1 Å². The van der Waals surface area contributed by atoms with Gasteiger partial charge in [-0.1, -0.05) is 12.1 Å². The number of hydrogen-bond acceptors (Lipinski definition) is 2. The lowest BCUT2D eigenvalue weighted by atomic mass is 10.2. The maximum absolute atomic E-state index is 13.0. The van der Waals surface area contributed by atoms with Crippen molar-refractivity contribution in [3.8, 4) is 0 Å². The lowest BCUT2D eigenvalue weighted by Gasteiger charge is -1.97. The highest BCUT2D eigenvalue weighted by molar-refractivity contribution is 5.51. The van der Waals surface area contributed by atoms with Gasteiger partial charge >= 0.3 is 0 Å². The van der Waals surface area contributed by atoms with E-state index in [2.05, 4.69) is 0 Å². The molecule has 1 aromatic carbocycles. The second-order valence-electron chi connectivity index (χ2n) is 2.69. The molecule has 0 aliphatic rings. The van der Waals surface area contributed by atoms with Gasteiger partial charge in [-0.15, -0.1) is 0 Å². The van der Waals surface area contributed by atoms with Crippen molar-refractivity contribution in [2.75, 3.05) is 0 Å². The molecule has 0 N–H and O–H groups in total. The van der Waals surface area contributed by atoms with E-state index in [0.29, 0.717) is 0 Å². The molecule has 1 aromatic rings. The first-order chi connectivity index (χ1) is 6.52. The van der Waals surface area contributed by atoms with Gasteiger partial charge in [-0.2, -0.15) is 0 Å². The van der Waals surface area contributed by atoms with Crippen LogP contribution in [0.1, 0.15) is 12.5 Å². The number of halogens is 2. The molecule has 0 aliphatic carbocycles. The number of nitrogens with zero attached hydrogens (tertiary/aromatic N) is 1. The van der Waals surface area contributed by atoms with Gasteiger partial charge in [-0.25, -0.2) is 8.78 Å². The fourth-order valence-corrected chi connectivity index (χ4v) is 0.910. The van der Waals surface area contributed by atoms with Crippen LogP contribution in [0.4, 0.5) is 8.78 Å². The number of hydrogen-bond donors (Lipinski definition) is 0. The Bertz CT molecular complexity index is 402. The SMILES string of the molecule is C/C(=C\c1cccc(F)c1F)[N+](=O)[O-]. The van der Waals surface area contributed by atoms with Crippen molar-refractivity contribution in [3.05, 3.63) is 51.2 Å². The molecule has 0 unspecified atom stereocenters. The molecule has 5 heteroatoms. The van der Waals surface area contributed by atoms with Crippen molar-refractivity contribution in [1.29, 1.82) is 0 Å². The zero-order valence-corrected chi connectivity index (χ0v) is 7.33. The molecule has 0 radical (unpaired) electrons. The van der Waals surface area contributed by atoms with Gasteiger partial charge in [0.15, 0.2) is 11.6 Å². The summed E-state index contributed by atoms with van der Waals surface area (Å²) in [5, 5.41) is 10.2. The molecule has 74 valence electrons. The summed E-state index contributed by atoms with van der Waals surface area (Å²) in [7, 11) is 0. The number of rotatable bonds is 2. The number of allylic oxidation sites excluding steroid dienone is 1. The molecular formula is C9H7F2NO2. The van der Waals surface area contributed by atoms with Crippen LogP contribution in [0, 0.1) is 21.7 Å². The van der Waals surface area contributed by atoms with Crippen molar-refractivity contribution >= 4 is 6.08 Å². The first-order valence-electron chi connectivity index (χ1n) is 3.79. The molecule has 14 heavy (non-hydrogen) atoms. The van der Waals surface area contributed by atoms with Crippen LogP contribution in [0.5, 0.6) is 0 Å². The van der Waals surface area contributed by atoms with E-state index >= 15 is 0 Å². The normalized spacial score (nSPS) is 11.5. The van der Waals surface area contributed by atoms with E-state index in [0.717, 1.165) is 12.1 Å². The van der Waals surface area contributed by atoms with Gasteiger partial charge in [0.2, 0.25) is 5.70 Å². The van der Waals surface area contributed by atoms with Crippen LogP contribution in [0.2, 0.25) is 0 Å². The molecule has 0 aliphatic heterocycles. The van der Waals surface area contributed by atoms with Crippen LogP contribution in [0.15, 0.2) is 23.9 Å². The van der Waals surface area contributed by atoms with E-state index in [4.69, 9.17) is 0 Å². The fraction of sp³-hybridized carbons (Fsp3) is 0.111. The highest BCUT2D eigenvalue weighted by Crippen LogP contribution is 2.14. The van der Waals surface area contributed by atoms with Gasteiger partial charge in [0.25, 0.3) is 0 Å². The molecular weight excluding hydrogens is 192 g/mol. The summed E-state index contributed by atoms with van der Waals surface area (Å²) in [5.74, 6) is -2.09. The van der Waals surface area contributed by atoms with Gasteiger partial charge in [-0.3, -0.25) is 10.1 Å². The summed E-state index contributed by atoms with van der Waals surface area (Å²) in [4.78, 5) is 9.56. The number of nitro groups is 1. The van der Waals surface area contributed by atoms with Crippen molar-refractivity contribution in [2.24, 2.45) is 0 Å². The van der Waals surface area contributed by atoms with Crippen LogP contribution in [0.25, 0.3) is 6.08 Å². The summed E-state index contributed by atoms with van der Waals surface area (Å²) >= 11 is 0. The Morgan fingerprint density at radius 3 is 2.71 bits per heavy atom. The Hall–Kier alpha value is -1.78. The first kappa shape index (κ1) is 10.3. The van der Waals surface area contributed by atoms with Crippen LogP contribution < -0.4 is 0 Å². The van der Waals surface area contributed by atoms with Gasteiger partial charge < -0.3 is 0 Å². The molecule has 1 rings (SSSR count). The monoisotopic (exact) mass is 199 g/mol. The third kappa shape index (κ3) is 2.12. The molecule has 0 saturated heterocycles. The third-order valence-corrected chi connectivity index (χ3v) is 1.63. The Labute approximate surface area is 78.8 Å². The predicted molar refractivity (Wildman–Crippen MR) is 47.0 cm³/mol. The van der Waals surface area contributed by atoms with Gasteiger partial charge in [-0.05, 0) is 6.07 Å². The van der Waals surface area contributed by atoms with Crippen molar-refractivity contribution in [1.82, 2.24) is 0 Å². The minimum Gasteiger partial charge on any atom is -0.259 e. The Morgan fingerprint density at radius 1 is 1.50 bits per heavy atom. The van der Waals surface area contributed by atoms with E-state index in [1.54, 1.807) is 0 Å². The van der Waals surface area contributed by atoms with Crippen molar-refractivity contribution in [3.63, 3.8) is 0 Å². The highest BCUT2D eigenvalue weighted by Gasteiger charge is 2.08. The molecule has 0 atom stereocenters. The zero-order chi connectivity index (χ0) is 10.7. The first-order valence-corrected chi connectivity index (χ1v) is 3.79. The van der Waals surface area contributed by atoms with Crippen molar-refractivity contribution in [2.45, 2.75) is 6.92 Å².